The molecule has 122 valence electrons. The lowest BCUT2D eigenvalue weighted by molar-refractivity contribution is -0.271. The number of pyridine rings is 1. The van der Waals surface area contributed by atoms with Gasteiger partial charge in [-0.1, -0.05) is 6.07 Å². The summed E-state index contributed by atoms with van der Waals surface area (Å²) < 4.78 is 38.0. The Morgan fingerprint density at radius 2 is 2.05 bits per heavy atom. The maximum absolute atomic E-state index is 12.7. The Kier molecular flexibility index (Phi) is 4.90. The molecule has 1 aromatic rings. The zero-order chi connectivity index (χ0) is 16.2. The van der Waals surface area contributed by atoms with Crippen molar-refractivity contribution in [2.24, 2.45) is 0 Å². The molecule has 0 bridgehead atoms. The normalized spacial score (nSPS) is 18.1. The highest BCUT2D eigenvalue weighted by Gasteiger charge is 2.54. The van der Waals surface area contributed by atoms with Gasteiger partial charge in [0.05, 0.1) is 0 Å². The van der Waals surface area contributed by atoms with Crippen LogP contribution in [0.4, 0.5) is 18.0 Å². The minimum Gasteiger partial charge on any atom is -0.380 e. The lowest BCUT2D eigenvalue weighted by Crippen LogP contribution is -2.55. The van der Waals surface area contributed by atoms with Gasteiger partial charge in [0.1, 0.15) is 0 Å². The van der Waals surface area contributed by atoms with Crippen molar-refractivity contribution >= 4 is 6.03 Å². The number of urea groups is 1. The summed E-state index contributed by atoms with van der Waals surface area (Å²) in [6.45, 7) is 0.118. The van der Waals surface area contributed by atoms with Gasteiger partial charge in [0.2, 0.25) is 0 Å². The Morgan fingerprint density at radius 1 is 1.36 bits per heavy atom. The molecule has 1 aromatic heterocycles. The van der Waals surface area contributed by atoms with Crippen molar-refractivity contribution in [1.29, 1.82) is 0 Å². The molecule has 2 N–H and O–H groups in total. The van der Waals surface area contributed by atoms with Crippen molar-refractivity contribution in [2.45, 2.75) is 31.0 Å². The molecule has 0 atom stereocenters. The van der Waals surface area contributed by atoms with Crippen LogP contribution < -0.4 is 5.32 Å². The maximum atomic E-state index is 12.7. The number of halogens is 3. The van der Waals surface area contributed by atoms with Crippen LogP contribution in [0.2, 0.25) is 0 Å². The van der Waals surface area contributed by atoms with Crippen molar-refractivity contribution in [3.05, 3.63) is 30.1 Å². The van der Waals surface area contributed by atoms with E-state index in [0.717, 1.165) is 5.69 Å². The quantitative estimate of drug-likeness (QED) is 0.892. The van der Waals surface area contributed by atoms with Crippen molar-refractivity contribution in [2.75, 3.05) is 19.6 Å². The van der Waals surface area contributed by atoms with Crippen LogP contribution in [0.5, 0.6) is 0 Å². The molecule has 8 heteroatoms. The van der Waals surface area contributed by atoms with Gasteiger partial charge in [0.15, 0.2) is 5.60 Å². The minimum atomic E-state index is -4.66. The van der Waals surface area contributed by atoms with E-state index in [2.05, 4.69) is 10.3 Å². The van der Waals surface area contributed by atoms with Crippen LogP contribution in [0, 0.1) is 0 Å². The number of carbonyl (C=O) groups is 1. The molecule has 2 heterocycles. The lowest BCUT2D eigenvalue weighted by Gasteiger charge is -2.39. The van der Waals surface area contributed by atoms with E-state index >= 15 is 0 Å². The average molecular weight is 317 g/mol. The second-order valence-electron chi connectivity index (χ2n) is 5.32. The molecule has 1 fully saturated rings. The fourth-order valence-electron chi connectivity index (χ4n) is 2.32. The number of piperidine rings is 1. The number of aliphatic hydroxyl groups is 1. The Morgan fingerprint density at radius 3 is 2.59 bits per heavy atom. The summed E-state index contributed by atoms with van der Waals surface area (Å²) in [6.07, 6.45) is -3.45. The molecule has 1 aliphatic rings. The summed E-state index contributed by atoms with van der Waals surface area (Å²) in [5.41, 5.74) is -1.86. The van der Waals surface area contributed by atoms with Gasteiger partial charge in [-0.15, -0.1) is 0 Å². The summed E-state index contributed by atoms with van der Waals surface area (Å²) >= 11 is 0. The summed E-state index contributed by atoms with van der Waals surface area (Å²) in [5, 5.41) is 12.2. The Hall–Kier alpha value is -1.83. The Balaban J connectivity index is 1.76. The average Bonchev–Trinajstić information content (AvgIpc) is 2.48. The topological polar surface area (TPSA) is 65.5 Å². The first-order chi connectivity index (χ1) is 10.3. The van der Waals surface area contributed by atoms with Gasteiger partial charge >= 0.3 is 12.2 Å². The SMILES string of the molecule is O=C(NCCc1ccccn1)N1CCC(O)(C(F)(F)F)CC1. The highest BCUT2D eigenvalue weighted by Crippen LogP contribution is 2.38. The van der Waals surface area contributed by atoms with E-state index in [1.807, 2.05) is 12.1 Å². The number of carbonyl (C=O) groups excluding carboxylic acids is 1. The van der Waals surface area contributed by atoms with E-state index in [0.29, 0.717) is 13.0 Å². The number of amides is 2. The van der Waals surface area contributed by atoms with Crippen molar-refractivity contribution in [3.8, 4) is 0 Å². The second kappa shape index (κ2) is 6.51. The number of rotatable bonds is 3. The van der Waals surface area contributed by atoms with Crippen LogP contribution in [0.3, 0.4) is 0 Å². The second-order valence-corrected chi connectivity index (χ2v) is 5.32. The van der Waals surface area contributed by atoms with Gasteiger partial charge in [-0.3, -0.25) is 4.98 Å². The summed E-state index contributed by atoms with van der Waals surface area (Å²) in [4.78, 5) is 17.3. The molecule has 0 spiro atoms. The Bertz CT molecular complexity index is 500. The van der Waals surface area contributed by atoms with Crippen molar-refractivity contribution in [1.82, 2.24) is 15.2 Å². The van der Waals surface area contributed by atoms with Crippen LogP contribution in [0.1, 0.15) is 18.5 Å². The number of hydrogen-bond donors (Lipinski definition) is 2. The third-order valence-corrected chi connectivity index (χ3v) is 3.79. The smallest absolute Gasteiger partial charge is 0.380 e. The number of likely N-dealkylation sites (tertiary alicyclic amines) is 1. The molecule has 2 rings (SSSR count). The van der Waals surface area contributed by atoms with Gasteiger partial charge in [-0.2, -0.15) is 13.2 Å². The molecule has 1 saturated heterocycles. The van der Waals surface area contributed by atoms with Crippen molar-refractivity contribution in [3.63, 3.8) is 0 Å². The van der Waals surface area contributed by atoms with E-state index in [4.69, 9.17) is 0 Å². The first-order valence-corrected chi connectivity index (χ1v) is 7.04. The molecule has 0 saturated carbocycles. The molecule has 5 nitrogen and oxygen atoms in total. The first kappa shape index (κ1) is 16.5. The van der Waals surface area contributed by atoms with Crippen LogP contribution in [-0.2, 0) is 6.42 Å². The zero-order valence-corrected chi connectivity index (χ0v) is 11.9. The molecule has 22 heavy (non-hydrogen) atoms. The highest BCUT2D eigenvalue weighted by molar-refractivity contribution is 5.74. The fourth-order valence-corrected chi connectivity index (χ4v) is 2.32. The monoisotopic (exact) mass is 317 g/mol. The number of nitrogens with zero attached hydrogens (tertiary/aromatic N) is 2. The van der Waals surface area contributed by atoms with Gasteiger partial charge in [0, 0.05) is 50.8 Å². The van der Waals surface area contributed by atoms with Crippen molar-refractivity contribution < 1.29 is 23.1 Å². The number of hydrogen-bond acceptors (Lipinski definition) is 3. The largest absolute Gasteiger partial charge is 0.417 e. The predicted octanol–water partition coefficient (Wildman–Crippen LogP) is 1.72. The van der Waals surface area contributed by atoms with Crippen LogP contribution in [0.15, 0.2) is 24.4 Å². The standard InChI is InChI=1S/C14H18F3N3O2/c15-14(16,17)13(22)5-9-20(10-6-13)12(21)19-8-4-11-3-1-2-7-18-11/h1-3,7,22H,4-6,8-10H2,(H,19,21). The van der Waals surface area contributed by atoms with E-state index in [1.165, 1.54) is 4.90 Å². The third-order valence-electron chi connectivity index (χ3n) is 3.79. The predicted molar refractivity (Wildman–Crippen MR) is 73.2 cm³/mol. The van der Waals surface area contributed by atoms with Gasteiger partial charge < -0.3 is 15.3 Å². The van der Waals surface area contributed by atoms with Gasteiger partial charge in [-0.05, 0) is 12.1 Å². The maximum Gasteiger partial charge on any atom is 0.417 e. The lowest BCUT2D eigenvalue weighted by atomic mass is 9.91. The fraction of sp³-hybridized carbons (Fsp3) is 0.571. The molecular weight excluding hydrogens is 299 g/mol. The third kappa shape index (κ3) is 3.88. The van der Waals surface area contributed by atoms with E-state index in [-0.39, 0.29) is 13.1 Å². The van der Waals surface area contributed by atoms with E-state index in [9.17, 15) is 23.1 Å². The summed E-state index contributed by atoms with van der Waals surface area (Å²) in [5.74, 6) is 0. The summed E-state index contributed by atoms with van der Waals surface area (Å²) in [6, 6.07) is 5.04. The molecular formula is C14H18F3N3O2. The van der Waals surface area contributed by atoms with Gasteiger partial charge in [-0.25, -0.2) is 4.79 Å². The van der Waals surface area contributed by atoms with Crippen LogP contribution >= 0.6 is 0 Å². The van der Waals surface area contributed by atoms with E-state index in [1.54, 1.807) is 12.3 Å². The Labute approximate surface area is 126 Å². The van der Waals surface area contributed by atoms with Crippen LogP contribution in [0.25, 0.3) is 0 Å². The number of alkyl halides is 3. The molecule has 0 unspecified atom stereocenters. The zero-order valence-electron chi connectivity index (χ0n) is 11.9. The van der Waals surface area contributed by atoms with Gasteiger partial charge in [0.25, 0.3) is 0 Å². The number of nitrogens with one attached hydrogen (secondary N) is 1. The molecule has 2 amide bonds. The minimum absolute atomic E-state index is 0.120. The first-order valence-electron chi connectivity index (χ1n) is 7.04. The summed E-state index contributed by atoms with van der Waals surface area (Å²) in [7, 11) is 0. The highest BCUT2D eigenvalue weighted by atomic mass is 19.4. The molecule has 0 radical (unpaired) electrons. The molecule has 1 aliphatic heterocycles. The number of aromatic nitrogens is 1. The van der Waals surface area contributed by atoms with E-state index < -0.39 is 30.7 Å². The molecule has 0 aliphatic carbocycles. The molecule has 0 aromatic carbocycles. The van der Waals surface area contributed by atoms with Crippen LogP contribution in [-0.4, -0.2) is 52.4 Å².